The number of fused-ring (bicyclic) bond motifs is 2. The highest BCUT2D eigenvalue weighted by molar-refractivity contribution is 6.12. The van der Waals surface area contributed by atoms with E-state index in [1.54, 1.807) is 36.6 Å². The summed E-state index contributed by atoms with van der Waals surface area (Å²) in [4.78, 5) is 108. The Kier molecular flexibility index (Phi) is 17.0. The summed E-state index contributed by atoms with van der Waals surface area (Å²) in [7, 11) is 0. The number of benzene rings is 2. The highest BCUT2D eigenvalue weighted by Gasteiger charge is 2.30. The molecule has 0 saturated carbocycles. The molecule has 0 radical (unpaired) electrons. The van der Waals surface area contributed by atoms with E-state index in [2.05, 4.69) is 53.8 Å². The Morgan fingerprint density at radius 2 is 1.64 bits per heavy atom. The summed E-state index contributed by atoms with van der Waals surface area (Å²) in [5.41, 5.74) is 14.7. The molecule has 8 N–H and O–H groups in total. The number of imide groups is 1. The van der Waals surface area contributed by atoms with Crippen LogP contribution in [0.4, 0.5) is 15.3 Å². The molecule has 0 spiro atoms. The van der Waals surface area contributed by atoms with Crippen LogP contribution in [0.15, 0.2) is 91.4 Å². The zero-order valence-electron chi connectivity index (χ0n) is 42.1. The predicted molar refractivity (Wildman–Crippen MR) is 278 cm³/mol. The van der Waals surface area contributed by atoms with E-state index in [0.717, 1.165) is 46.5 Å². The zero-order chi connectivity index (χ0) is 53.0. The number of nitrogens with two attached hydrogens (primary N) is 1. The maximum atomic E-state index is 14.2. The molecule has 75 heavy (non-hydrogen) atoms. The van der Waals surface area contributed by atoms with Gasteiger partial charge in [0.15, 0.2) is 5.65 Å². The molecular weight excluding hydrogens is 959 g/mol. The number of carbonyl (C=O) groups excluding carboxylic acids is 7. The van der Waals surface area contributed by atoms with E-state index in [-0.39, 0.29) is 69.1 Å². The number of H-pyrrole nitrogens is 1. The van der Waals surface area contributed by atoms with Crippen LogP contribution in [0.5, 0.6) is 0 Å². The SMILES string of the molecule is Cc1cccc(-c2[nH]c(CNC(=O)OCc3ccc(NC(=O)[C@H](CCCNC(N)=O)NC(=O)C(NC(=O)CCCCCN4C(=O)C=CC4=O)C(C)C)cc3-c3ccc4c(c3)CCC4)nc2-c2ccc3ncnn3c2)n1. The number of urea groups is 1. The molecule has 1 unspecified atom stereocenters. The molecule has 6 aromatic rings. The van der Waals surface area contributed by atoms with E-state index >= 15 is 0 Å². The van der Waals surface area contributed by atoms with Gasteiger partial charge in [0.05, 0.1) is 23.6 Å². The van der Waals surface area contributed by atoms with Gasteiger partial charge >= 0.3 is 12.1 Å². The van der Waals surface area contributed by atoms with E-state index in [1.165, 1.54) is 29.6 Å². The number of unbranched alkanes of at least 4 members (excludes halogenated alkanes) is 2. The number of ether oxygens (including phenoxy) is 1. The summed E-state index contributed by atoms with van der Waals surface area (Å²) in [6.45, 7) is 5.77. The number of carbonyl (C=O) groups is 7. The number of imidazole rings is 1. The summed E-state index contributed by atoms with van der Waals surface area (Å²) < 4.78 is 7.47. The van der Waals surface area contributed by atoms with Gasteiger partial charge in [-0.2, -0.15) is 5.10 Å². The van der Waals surface area contributed by atoms with Gasteiger partial charge in [-0.1, -0.05) is 50.6 Å². The number of nitrogens with one attached hydrogen (secondary N) is 6. The number of aryl methyl sites for hydroxylation is 3. The van der Waals surface area contributed by atoms with Crippen LogP contribution < -0.4 is 32.3 Å². The number of amides is 8. The summed E-state index contributed by atoms with van der Waals surface area (Å²) in [5, 5.41) is 18.2. The molecule has 0 bridgehead atoms. The van der Waals surface area contributed by atoms with E-state index in [0.29, 0.717) is 59.1 Å². The Morgan fingerprint density at radius 3 is 2.43 bits per heavy atom. The van der Waals surface area contributed by atoms with Crippen molar-refractivity contribution in [3.05, 3.63) is 120 Å². The standard InChI is InChI=1S/C54H61N13O8/c1-32(2)48(65-45(68)15-5-4-6-25-66-46(69)22-23-47(66)70)52(72)62-42(14-9-24-56-53(55)73)51(71)61-39-20-18-38(40(27-39)36-17-16-34-11-8-12-35(34)26-36)30-75-54(74)57-28-43-63-49(37-19-21-44-58-31-59-67(44)29-37)50(64-43)41-13-7-10-33(3)60-41/h7,10,13,16-23,26-27,29,31-32,42,48H,4-6,8-9,11-12,14-15,24-25,28,30H2,1-3H3,(H,57,74)(H,61,71)(H,62,72)(H,63,64)(H,65,68)(H3,55,56,73)/t42-,48?/m0/s1. The molecule has 5 heterocycles. The molecule has 4 aromatic heterocycles. The Bertz CT molecular complexity index is 3130. The Morgan fingerprint density at radius 1 is 0.840 bits per heavy atom. The van der Waals surface area contributed by atoms with Crippen molar-refractivity contribution in [3.8, 4) is 33.8 Å². The second kappa shape index (κ2) is 24.3. The van der Waals surface area contributed by atoms with Crippen molar-refractivity contribution in [2.24, 2.45) is 11.7 Å². The molecular formula is C54H61N13O8. The van der Waals surface area contributed by atoms with Crippen LogP contribution in [0.25, 0.3) is 39.4 Å². The van der Waals surface area contributed by atoms with Gasteiger partial charge in [0, 0.05) is 54.8 Å². The van der Waals surface area contributed by atoms with E-state index in [4.69, 9.17) is 20.4 Å². The smallest absolute Gasteiger partial charge is 0.407 e. The van der Waals surface area contributed by atoms with Gasteiger partial charge in [-0.3, -0.25) is 33.9 Å². The van der Waals surface area contributed by atoms with Crippen molar-refractivity contribution in [1.82, 2.24) is 55.7 Å². The topological polar surface area (TPSA) is 290 Å². The Labute approximate surface area is 432 Å². The molecule has 1 aliphatic carbocycles. The molecule has 21 nitrogen and oxygen atoms in total. The number of aromatic amines is 1. The first kappa shape index (κ1) is 52.6. The molecule has 2 aliphatic rings. The number of hydrogen-bond donors (Lipinski definition) is 7. The Balaban J connectivity index is 0.935. The third-order valence-corrected chi connectivity index (χ3v) is 13.0. The van der Waals surface area contributed by atoms with E-state index < -0.39 is 36.0 Å². The average Bonchev–Trinajstić information content (AvgIpc) is 4.22. The lowest BCUT2D eigenvalue weighted by Crippen LogP contribution is -2.54. The number of primary amides is 1. The first-order chi connectivity index (χ1) is 36.2. The highest BCUT2D eigenvalue weighted by Crippen LogP contribution is 2.33. The van der Waals surface area contributed by atoms with E-state index in [1.807, 2.05) is 49.5 Å². The normalized spacial score (nSPS) is 13.7. The lowest BCUT2D eigenvalue weighted by atomic mass is 9.96. The number of alkyl carbamates (subject to hydrolysis) is 1. The largest absolute Gasteiger partial charge is 0.445 e. The van der Waals surface area contributed by atoms with Crippen LogP contribution >= 0.6 is 0 Å². The fourth-order valence-electron chi connectivity index (χ4n) is 9.12. The summed E-state index contributed by atoms with van der Waals surface area (Å²) >= 11 is 0. The van der Waals surface area contributed by atoms with Crippen molar-refractivity contribution in [2.75, 3.05) is 18.4 Å². The van der Waals surface area contributed by atoms with Crippen LogP contribution in [-0.2, 0) is 54.7 Å². The van der Waals surface area contributed by atoms with Gasteiger partial charge in [-0.25, -0.2) is 24.1 Å². The first-order valence-electron chi connectivity index (χ1n) is 25.1. The quantitative estimate of drug-likeness (QED) is 0.0306. The second-order valence-corrected chi connectivity index (χ2v) is 18.9. The third-order valence-electron chi connectivity index (χ3n) is 13.0. The first-order valence-corrected chi connectivity index (χ1v) is 25.1. The van der Waals surface area contributed by atoms with Crippen molar-refractivity contribution in [2.45, 2.75) is 104 Å². The van der Waals surface area contributed by atoms with Crippen LogP contribution in [-0.4, -0.2) is 101 Å². The number of anilines is 1. The van der Waals surface area contributed by atoms with Gasteiger partial charge < -0.3 is 42.0 Å². The number of hydrogen-bond acceptors (Lipinski definition) is 12. The molecule has 1 aliphatic heterocycles. The van der Waals surface area contributed by atoms with E-state index in [9.17, 15) is 33.6 Å². The lowest BCUT2D eigenvalue weighted by Gasteiger charge is -2.25. The van der Waals surface area contributed by atoms with Crippen LogP contribution in [0.3, 0.4) is 0 Å². The number of aromatic nitrogens is 6. The minimum Gasteiger partial charge on any atom is -0.445 e. The second-order valence-electron chi connectivity index (χ2n) is 18.9. The summed E-state index contributed by atoms with van der Waals surface area (Å²) in [6.07, 6.45) is 10.1. The lowest BCUT2D eigenvalue weighted by molar-refractivity contribution is -0.137. The molecule has 2 atom stereocenters. The van der Waals surface area contributed by atoms with Gasteiger partial charge in [-0.15, -0.1) is 0 Å². The molecule has 8 amide bonds. The summed E-state index contributed by atoms with van der Waals surface area (Å²) in [5.74, 6) is -2.05. The minimum atomic E-state index is -1.09. The molecule has 0 saturated heterocycles. The minimum absolute atomic E-state index is 0.0135. The molecule has 0 fully saturated rings. The van der Waals surface area contributed by atoms with Crippen molar-refractivity contribution in [3.63, 3.8) is 0 Å². The fourth-order valence-corrected chi connectivity index (χ4v) is 9.12. The molecule has 8 rings (SSSR count). The van der Waals surface area contributed by atoms with Gasteiger partial charge in [-0.05, 0) is 122 Å². The van der Waals surface area contributed by atoms with Gasteiger partial charge in [0.25, 0.3) is 11.8 Å². The van der Waals surface area contributed by atoms with Gasteiger partial charge in [0.1, 0.15) is 30.8 Å². The van der Waals surface area contributed by atoms with Crippen LogP contribution in [0.1, 0.15) is 87.0 Å². The third kappa shape index (κ3) is 13.7. The molecule has 390 valence electrons. The van der Waals surface area contributed by atoms with Crippen LogP contribution in [0.2, 0.25) is 0 Å². The number of rotatable bonds is 23. The number of nitrogens with zero attached hydrogens (tertiary/aromatic N) is 6. The highest BCUT2D eigenvalue weighted by atomic mass is 16.5. The molecule has 2 aromatic carbocycles. The van der Waals surface area contributed by atoms with Crippen molar-refractivity contribution in [1.29, 1.82) is 0 Å². The van der Waals surface area contributed by atoms with Crippen molar-refractivity contribution >= 4 is 53.0 Å². The fraction of sp³-hybridized carbons (Fsp3) is 0.352. The average molecular weight is 1020 g/mol. The Hall–Kier alpha value is -8.75. The number of pyridine rings is 2. The summed E-state index contributed by atoms with van der Waals surface area (Å²) in [6, 6.07) is 18.1. The predicted octanol–water partition coefficient (Wildman–Crippen LogP) is 5.57. The molecule has 21 heteroatoms. The van der Waals surface area contributed by atoms with Crippen LogP contribution in [0, 0.1) is 12.8 Å². The maximum absolute atomic E-state index is 14.2. The zero-order valence-corrected chi connectivity index (χ0v) is 42.1. The van der Waals surface area contributed by atoms with Gasteiger partial charge in [0.2, 0.25) is 17.7 Å². The van der Waals surface area contributed by atoms with Crippen molar-refractivity contribution < 1.29 is 38.3 Å². The monoisotopic (exact) mass is 1020 g/mol. The maximum Gasteiger partial charge on any atom is 0.407 e.